The van der Waals surface area contributed by atoms with Crippen LogP contribution >= 0.6 is 0 Å². The van der Waals surface area contributed by atoms with Gasteiger partial charge in [-0.1, -0.05) is 36.8 Å². The highest BCUT2D eigenvalue weighted by atomic mass is 16.2. The van der Waals surface area contributed by atoms with Gasteiger partial charge in [0.1, 0.15) is 0 Å². The molecule has 0 bridgehead atoms. The molecule has 3 N–H and O–H groups in total. The van der Waals surface area contributed by atoms with Gasteiger partial charge in [-0.25, -0.2) is 0 Å². The minimum Gasteiger partial charge on any atom is -0.353 e. The number of aryl methyl sites for hydroxylation is 1. The molecule has 3 heteroatoms. The Morgan fingerprint density at radius 3 is 2.74 bits per heavy atom. The third kappa shape index (κ3) is 4.06. The normalized spacial score (nSPS) is 24.1. The largest absolute Gasteiger partial charge is 0.353 e. The Morgan fingerprint density at radius 2 is 2.11 bits per heavy atom. The zero-order valence-electron chi connectivity index (χ0n) is 11.6. The van der Waals surface area contributed by atoms with E-state index in [1.165, 1.54) is 5.56 Å². The van der Waals surface area contributed by atoms with Crippen molar-refractivity contribution in [3.63, 3.8) is 0 Å². The molecule has 19 heavy (non-hydrogen) atoms. The molecule has 0 spiro atoms. The third-order valence-electron chi connectivity index (χ3n) is 4.00. The van der Waals surface area contributed by atoms with Crippen molar-refractivity contribution >= 4 is 5.91 Å². The summed E-state index contributed by atoms with van der Waals surface area (Å²) < 4.78 is 0. The lowest BCUT2D eigenvalue weighted by Crippen LogP contribution is -2.42. The fraction of sp³-hybridized carbons (Fsp3) is 0.562. The highest BCUT2D eigenvalue weighted by Crippen LogP contribution is 2.24. The molecule has 0 aromatic heterocycles. The van der Waals surface area contributed by atoms with Crippen molar-refractivity contribution in [1.82, 2.24) is 5.32 Å². The van der Waals surface area contributed by atoms with Gasteiger partial charge in [0, 0.05) is 12.1 Å². The van der Waals surface area contributed by atoms with Crippen LogP contribution in [0.2, 0.25) is 0 Å². The minimum absolute atomic E-state index is 0.0270. The topological polar surface area (TPSA) is 55.1 Å². The Morgan fingerprint density at radius 1 is 1.37 bits per heavy atom. The summed E-state index contributed by atoms with van der Waals surface area (Å²) in [7, 11) is 0. The van der Waals surface area contributed by atoms with Crippen molar-refractivity contribution in [2.24, 2.45) is 11.7 Å². The van der Waals surface area contributed by atoms with Gasteiger partial charge in [0.2, 0.25) is 5.91 Å². The number of nitrogens with one attached hydrogen (secondary N) is 1. The molecule has 2 rings (SSSR count). The molecular weight excluding hydrogens is 236 g/mol. The second kappa shape index (κ2) is 6.71. The summed E-state index contributed by atoms with van der Waals surface area (Å²) in [5.41, 5.74) is 7.28. The van der Waals surface area contributed by atoms with E-state index >= 15 is 0 Å². The first-order valence-electron chi connectivity index (χ1n) is 7.26. The lowest BCUT2D eigenvalue weighted by molar-refractivity contribution is -0.125. The smallest absolute Gasteiger partial charge is 0.224 e. The van der Waals surface area contributed by atoms with E-state index in [4.69, 9.17) is 5.73 Å². The molecule has 1 saturated carbocycles. The van der Waals surface area contributed by atoms with E-state index in [9.17, 15) is 4.79 Å². The molecule has 3 unspecified atom stereocenters. The first-order valence-corrected chi connectivity index (χ1v) is 7.26. The van der Waals surface area contributed by atoms with Crippen LogP contribution < -0.4 is 11.1 Å². The molecule has 104 valence electrons. The van der Waals surface area contributed by atoms with Crippen LogP contribution in [-0.2, 0) is 11.2 Å². The van der Waals surface area contributed by atoms with Crippen molar-refractivity contribution in [3.8, 4) is 0 Å². The summed E-state index contributed by atoms with van der Waals surface area (Å²) >= 11 is 0. The van der Waals surface area contributed by atoms with Crippen molar-refractivity contribution in [2.45, 2.75) is 51.1 Å². The standard InChI is InChI=1S/C16H24N2O/c1-12(10-11-13-6-3-2-4-7-13)18-16(19)14-8-5-9-15(14)17/h2-4,6-7,12,14-15H,5,8-11,17H2,1H3,(H,18,19). The zero-order chi connectivity index (χ0) is 13.7. The van der Waals surface area contributed by atoms with Gasteiger partial charge in [-0.15, -0.1) is 0 Å². The van der Waals surface area contributed by atoms with Crippen molar-refractivity contribution in [1.29, 1.82) is 0 Å². The Hall–Kier alpha value is -1.35. The summed E-state index contributed by atoms with van der Waals surface area (Å²) in [6.45, 7) is 2.07. The van der Waals surface area contributed by atoms with Crippen molar-refractivity contribution in [2.75, 3.05) is 0 Å². The van der Waals surface area contributed by atoms with Crippen LogP contribution in [0, 0.1) is 5.92 Å². The fourth-order valence-electron chi connectivity index (χ4n) is 2.76. The molecule has 1 fully saturated rings. The number of amides is 1. The van der Waals surface area contributed by atoms with Gasteiger partial charge in [0.05, 0.1) is 5.92 Å². The second-order valence-electron chi connectivity index (χ2n) is 5.64. The Bertz CT molecular complexity index is 404. The zero-order valence-corrected chi connectivity index (χ0v) is 11.6. The number of rotatable bonds is 5. The fourth-order valence-corrected chi connectivity index (χ4v) is 2.76. The number of carbonyl (C=O) groups excluding carboxylic acids is 1. The van der Waals surface area contributed by atoms with Crippen LogP contribution in [0.5, 0.6) is 0 Å². The summed E-state index contributed by atoms with van der Waals surface area (Å²) in [6, 6.07) is 10.6. The summed E-state index contributed by atoms with van der Waals surface area (Å²) in [6.07, 6.45) is 4.98. The second-order valence-corrected chi connectivity index (χ2v) is 5.64. The summed E-state index contributed by atoms with van der Waals surface area (Å²) in [5, 5.41) is 3.10. The minimum atomic E-state index is 0.0270. The maximum absolute atomic E-state index is 12.1. The van der Waals surface area contributed by atoms with Gasteiger partial charge in [-0.2, -0.15) is 0 Å². The molecule has 0 heterocycles. The van der Waals surface area contributed by atoms with Crippen molar-refractivity contribution in [3.05, 3.63) is 35.9 Å². The van der Waals surface area contributed by atoms with Gasteiger partial charge in [0.25, 0.3) is 0 Å². The Balaban J connectivity index is 1.75. The predicted molar refractivity (Wildman–Crippen MR) is 77.7 cm³/mol. The van der Waals surface area contributed by atoms with Gasteiger partial charge < -0.3 is 11.1 Å². The van der Waals surface area contributed by atoms with E-state index in [0.29, 0.717) is 0 Å². The van der Waals surface area contributed by atoms with Crippen LogP contribution in [0.1, 0.15) is 38.2 Å². The third-order valence-corrected chi connectivity index (χ3v) is 4.00. The summed E-state index contributed by atoms with van der Waals surface area (Å²) in [5.74, 6) is 0.171. The molecule has 0 aliphatic heterocycles. The predicted octanol–water partition coefficient (Wildman–Crippen LogP) is 2.25. The average Bonchev–Trinajstić information content (AvgIpc) is 2.84. The van der Waals surface area contributed by atoms with E-state index in [-0.39, 0.29) is 23.9 Å². The van der Waals surface area contributed by atoms with E-state index in [1.54, 1.807) is 0 Å². The molecular formula is C16H24N2O. The number of hydrogen-bond donors (Lipinski definition) is 2. The van der Waals surface area contributed by atoms with Crippen LogP contribution in [-0.4, -0.2) is 18.0 Å². The maximum atomic E-state index is 12.1. The molecule has 1 aliphatic carbocycles. The number of hydrogen-bond acceptors (Lipinski definition) is 2. The first kappa shape index (κ1) is 14.1. The number of nitrogens with two attached hydrogens (primary N) is 1. The molecule has 0 radical (unpaired) electrons. The lowest BCUT2D eigenvalue weighted by atomic mass is 10.0. The molecule has 1 aliphatic rings. The quantitative estimate of drug-likeness (QED) is 0.853. The highest BCUT2D eigenvalue weighted by molar-refractivity contribution is 5.79. The van der Waals surface area contributed by atoms with Crippen LogP contribution in [0.3, 0.4) is 0 Å². The van der Waals surface area contributed by atoms with Crippen molar-refractivity contribution < 1.29 is 4.79 Å². The van der Waals surface area contributed by atoms with Crippen LogP contribution in [0.4, 0.5) is 0 Å². The number of benzene rings is 1. The van der Waals surface area contributed by atoms with E-state index in [0.717, 1.165) is 32.1 Å². The SMILES string of the molecule is CC(CCc1ccccc1)NC(=O)C1CCCC1N. The number of carbonyl (C=O) groups is 1. The lowest BCUT2D eigenvalue weighted by Gasteiger charge is -2.19. The van der Waals surface area contributed by atoms with Gasteiger partial charge in [0.15, 0.2) is 0 Å². The molecule has 1 aromatic rings. The Kier molecular flexibility index (Phi) is 4.97. The van der Waals surface area contributed by atoms with Gasteiger partial charge >= 0.3 is 0 Å². The average molecular weight is 260 g/mol. The van der Waals surface area contributed by atoms with Crippen LogP contribution in [0.15, 0.2) is 30.3 Å². The van der Waals surface area contributed by atoms with Crippen LogP contribution in [0.25, 0.3) is 0 Å². The Labute approximate surface area is 115 Å². The molecule has 1 amide bonds. The molecule has 1 aromatic carbocycles. The van der Waals surface area contributed by atoms with E-state index < -0.39 is 0 Å². The van der Waals surface area contributed by atoms with Gasteiger partial charge in [-0.05, 0) is 38.2 Å². The molecule has 3 nitrogen and oxygen atoms in total. The molecule has 3 atom stereocenters. The maximum Gasteiger partial charge on any atom is 0.224 e. The van der Waals surface area contributed by atoms with E-state index in [1.807, 2.05) is 6.07 Å². The van der Waals surface area contributed by atoms with Gasteiger partial charge in [-0.3, -0.25) is 4.79 Å². The summed E-state index contributed by atoms with van der Waals surface area (Å²) in [4.78, 5) is 12.1. The van der Waals surface area contributed by atoms with E-state index in [2.05, 4.69) is 36.5 Å². The molecule has 0 saturated heterocycles. The monoisotopic (exact) mass is 260 g/mol. The first-order chi connectivity index (χ1) is 9.16. The highest BCUT2D eigenvalue weighted by Gasteiger charge is 2.30.